The molecule has 2 amide bonds. The van der Waals surface area contributed by atoms with E-state index in [1.54, 1.807) is 35.6 Å². The molecule has 0 aliphatic carbocycles. The van der Waals surface area contributed by atoms with Crippen molar-refractivity contribution in [1.29, 1.82) is 0 Å². The monoisotopic (exact) mass is 387 g/mol. The Kier molecular flexibility index (Phi) is 8.48. The summed E-state index contributed by atoms with van der Waals surface area (Å²) < 4.78 is 0. The molecule has 1 aromatic heterocycles. The number of amides is 2. The molecule has 1 aromatic carbocycles. The SMILES string of the molecule is CC(C)CC(CN)NC(=O)c1cccc(NC(=O)CCCc2cccs2)c1. The molecule has 2 aromatic rings. The van der Waals surface area contributed by atoms with Gasteiger partial charge in [0.1, 0.15) is 0 Å². The molecule has 6 heteroatoms. The van der Waals surface area contributed by atoms with Gasteiger partial charge in [0.15, 0.2) is 0 Å². The highest BCUT2D eigenvalue weighted by Crippen LogP contribution is 2.14. The van der Waals surface area contributed by atoms with Crippen LogP contribution in [0.5, 0.6) is 0 Å². The smallest absolute Gasteiger partial charge is 0.251 e. The predicted octanol–water partition coefficient (Wildman–Crippen LogP) is 3.81. The van der Waals surface area contributed by atoms with Crippen LogP contribution in [0.25, 0.3) is 0 Å². The number of hydrogen-bond acceptors (Lipinski definition) is 4. The molecule has 0 aliphatic heterocycles. The number of carbonyl (C=O) groups is 2. The Morgan fingerprint density at radius 3 is 2.67 bits per heavy atom. The van der Waals surface area contributed by atoms with E-state index in [9.17, 15) is 9.59 Å². The number of rotatable bonds is 10. The predicted molar refractivity (Wildman–Crippen MR) is 112 cm³/mol. The topological polar surface area (TPSA) is 84.2 Å². The van der Waals surface area contributed by atoms with E-state index in [0.717, 1.165) is 19.3 Å². The van der Waals surface area contributed by atoms with Crippen LogP contribution < -0.4 is 16.4 Å². The van der Waals surface area contributed by atoms with E-state index in [2.05, 4.69) is 30.5 Å². The van der Waals surface area contributed by atoms with Gasteiger partial charge in [-0.25, -0.2) is 0 Å². The summed E-state index contributed by atoms with van der Waals surface area (Å²) >= 11 is 1.71. The van der Waals surface area contributed by atoms with Gasteiger partial charge in [0.05, 0.1) is 0 Å². The molecular formula is C21H29N3O2S. The summed E-state index contributed by atoms with van der Waals surface area (Å²) in [6.07, 6.45) is 3.00. The average Bonchev–Trinajstić information content (AvgIpc) is 3.14. The first kappa shape index (κ1) is 21.1. The summed E-state index contributed by atoms with van der Waals surface area (Å²) in [4.78, 5) is 25.9. The molecule has 5 nitrogen and oxygen atoms in total. The van der Waals surface area contributed by atoms with Crippen molar-refractivity contribution < 1.29 is 9.59 Å². The maximum Gasteiger partial charge on any atom is 0.251 e. The summed E-state index contributed by atoms with van der Waals surface area (Å²) in [7, 11) is 0. The lowest BCUT2D eigenvalue weighted by atomic mass is 10.0. The number of carbonyl (C=O) groups excluding carboxylic acids is 2. The molecule has 4 N–H and O–H groups in total. The Balaban J connectivity index is 1.86. The Bertz CT molecular complexity index is 729. The minimum atomic E-state index is -0.167. The molecule has 27 heavy (non-hydrogen) atoms. The first-order chi connectivity index (χ1) is 13.0. The van der Waals surface area contributed by atoms with Gasteiger partial charge < -0.3 is 16.4 Å². The fraction of sp³-hybridized carbons (Fsp3) is 0.429. The van der Waals surface area contributed by atoms with Gasteiger partial charge in [-0.15, -0.1) is 11.3 Å². The van der Waals surface area contributed by atoms with Gasteiger partial charge >= 0.3 is 0 Å². The number of anilines is 1. The maximum absolute atomic E-state index is 12.5. The van der Waals surface area contributed by atoms with Crippen molar-refractivity contribution in [2.45, 2.75) is 45.6 Å². The van der Waals surface area contributed by atoms with E-state index < -0.39 is 0 Å². The number of aryl methyl sites for hydroxylation is 1. The lowest BCUT2D eigenvalue weighted by Crippen LogP contribution is -2.41. The molecule has 1 atom stereocenters. The standard InChI is InChI=1S/C21H29N3O2S/c1-15(2)12-18(14-22)24-21(26)16-6-3-7-17(13-16)23-20(25)10-4-8-19-9-5-11-27-19/h3,5-7,9,11,13,15,18H,4,8,10,12,14,22H2,1-2H3,(H,23,25)(H,24,26). The molecule has 0 aliphatic rings. The van der Waals surface area contributed by atoms with E-state index in [-0.39, 0.29) is 17.9 Å². The summed E-state index contributed by atoms with van der Waals surface area (Å²) in [6.45, 7) is 4.61. The average molecular weight is 388 g/mol. The summed E-state index contributed by atoms with van der Waals surface area (Å²) in [6, 6.07) is 11.1. The Morgan fingerprint density at radius 2 is 2.00 bits per heavy atom. The summed E-state index contributed by atoms with van der Waals surface area (Å²) in [5.41, 5.74) is 6.91. The van der Waals surface area contributed by atoms with Crippen LogP contribution in [-0.2, 0) is 11.2 Å². The fourth-order valence-electron chi connectivity index (χ4n) is 2.89. The molecule has 0 radical (unpaired) electrons. The Labute approximate surface area is 165 Å². The van der Waals surface area contributed by atoms with Crippen LogP contribution in [0.2, 0.25) is 0 Å². The maximum atomic E-state index is 12.5. The van der Waals surface area contributed by atoms with Gasteiger partial charge in [0, 0.05) is 35.1 Å². The van der Waals surface area contributed by atoms with Crippen molar-refractivity contribution in [3.63, 3.8) is 0 Å². The van der Waals surface area contributed by atoms with E-state index >= 15 is 0 Å². The molecule has 0 saturated carbocycles. The minimum Gasteiger partial charge on any atom is -0.348 e. The minimum absolute atomic E-state index is 0.0382. The highest BCUT2D eigenvalue weighted by Gasteiger charge is 2.14. The van der Waals surface area contributed by atoms with Crippen LogP contribution >= 0.6 is 11.3 Å². The summed E-state index contributed by atoms with van der Waals surface area (Å²) in [5, 5.41) is 7.89. The van der Waals surface area contributed by atoms with Crippen molar-refractivity contribution in [2.75, 3.05) is 11.9 Å². The lowest BCUT2D eigenvalue weighted by molar-refractivity contribution is -0.116. The second-order valence-electron chi connectivity index (χ2n) is 7.10. The summed E-state index contributed by atoms with van der Waals surface area (Å²) in [5.74, 6) is 0.252. The molecule has 0 spiro atoms. The van der Waals surface area contributed by atoms with Crippen molar-refractivity contribution in [3.05, 3.63) is 52.2 Å². The number of hydrogen-bond donors (Lipinski definition) is 3. The molecule has 1 unspecified atom stereocenters. The Hall–Kier alpha value is -2.18. The molecule has 0 bridgehead atoms. The Morgan fingerprint density at radius 1 is 1.19 bits per heavy atom. The van der Waals surface area contributed by atoms with Crippen molar-refractivity contribution in [2.24, 2.45) is 11.7 Å². The third-order valence-corrected chi connectivity index (χ3v) is 5.13. The van der Waals surface area contributed by atoms with E-state index in [4.69, 9.17) is 5.73 Å². The van der Waals surface area contributed by atoms with Crippen molar-refractivity contribution in [3.8, 4) is 0 Å². The largest absolute Gasteiger partial charge is 0.348 e. The first-order valence-electron chi connectivity index (χ1n) is 9.41. The highest BCUT2D eigenvalue weighted by atomic mass is 32.1. The van der Waals surface area contributed by atoms with E-state index in [0.29, 0.717) is 30.1 Å². The quantitative estimate of drug-likeness (QED) is 0.579. The second kappa shape index (κ2) is 10.8. The van der Waals surface area contributed by atoms with Crippen molar-refractivity contribution in [1.82, 2.24) is 5.32 Å². The number of nitrogens with two attached hydrogens (primary N) is 1. The molecule has 2 rings (SSSR count). The highest BCUT2D eigenvalue weighted by molar-refractivity contribution is 7.09. The zero-order chi connectivity index (χ0) is 19.6. The van der Waals surface area contributed by atoms with Crippen LogP contribution in [-0.4, -0.2) is 24.4 Å². The number of thiophene rings is 1. The molecular weight excluding hydrogens is 358 g/mol. The van der Waals surface area contributed by atoms with Crippen LogP contribution in [0.3, 0.4) is 0 Å². The first-order valence-corrected chi connectivity index (χ1v) is 10.3. The van der Waals surface area contributed by atoms with Gasteiger partial charge in [-0.1, -0.05) is 26.0 Å². The molecule has 1 heterocycles. The zero-order valence-electron chi connectivity index (χ0n) is 16.0. The molecule has 0 saturated heterocycles. The fourth-order valence-corrected chi connectivity index (χ4v) is 3.64. The van der Waals surface area contributed by atoms with Gasteiger partial charge in [-0.05, 0) is 54.8 Å². The van der Waals surface area contributed by atoms with Crippen LogP contribution in [0, 0.1) is 5.92 Å². The van der Waals surface area contributed by atoms with Crippen LogP contribution in [0.15, 0.2) is 41.8 Å². The van der Waals surface area contributed by atoms with E-state index in [1.807, 2.05) is 11.4 Å². The van der Waals surface area contributed by atoms with Crippen LogP contribution in [0.4, 0.5) is 5.69 Å². The van der Waals surface area contributed by atoms with Gasteiger partial charge in [-0.3, -0.25) is 9.59 Å². The van der Waals surface area contributed by atoms with Crippen LogP contribution in [0.1, 0.15) is 48.3 Å². The molecule has 146 valence electrons. The van der Waals surface area contributed by atoms with E-state index in [1.165, 1.54) is 4.88 Å². The van der Waals surface area contributed by atoms with Gasteiger partial charge in [-0.2, -0.15) is 0 Å². The third-order valence-electron chi connectivity index (χ3n) is 4.19. The molecule has 0 fully saturated rings. The lowest BCUT2D eigenvalue weighted by Gasteiger charge is -2.19. The van der Waals surface area contributed by atoms with Gasteiger partial charge in [0.2, 0.25) is 5.91 Å². The third kappa shape index (κ3) is 7.53. The number of benzene rings is 1. The van der Waals surface area contributed by atoms with Gasteiger partial charge in [0.25, 0.3) is 5.91 Å². The van der Waals surface area contributed by atoms with Crippen molar-refractivity contribution >= 4 is 28.8 Å². The second-order valence-corrected chi connectivity index (χ2v) is 8.13. The normalized spacial score (nSPS) is 12.0. The zero-order valence-corrected chi connectivity index (χ0v) is 16.9. The number of nitrogens with one attached hydrogen (secondary N) is 2.